The number of hydrogen-bond donors (Lipinski definition) is 1. The normalized spacial score (nSPS) is 24.2. The van der Waals surface area contributed by atoms with E-state index in [9.17, 15) is 22.8 Å². The first-order valence-corrected chi connectivity index (χ1v) is 12.4. The molecule has 4 amide bonds. The quantitative estimate of drug-likeness (QED) is 0.544. The molecule has 0 bridgehead atoms. The lowest BCUT2D eigenvalue weighted by Crippen LogP contribution is -2.48. The smallest absolute Gasteiger partial charge is 0.325 e. The standard InChI is InChI=1S/C20H25N7O5S/c1-3-8-25(16-7-9-33(31,32)12-16)17(28)11-26-18(29)20(2,22-19(26)30)14-5-4-6-15(10-14)27-13-21-23-24-27/h4-6,10,13,16H,3,7-9,11-12H2,1-2H3,(H,22,30)/t16-,20-/m0/s1. The highest BCUT2D eigenvalue weighted by molar-refractivity contribution is 7.91. The van der Waals surface area contributed by atoms with Gasteiger partial charge in [0.15, 0.2) is 9.84 Å². The number of benzene rings is 1. The molecule has 4 rings (SSSR count). The van der Waals surface area contributed by atoms with E-state index in [1.807, 2.05) is 6.92 Å². The van der Waals surface area contributed by atoms with Crippen LogP contribution in [0, 0.1) is 0 Å². The third-order valence-electron chi connectivity index (χ3n) is 6.04. The van der Waals surface area contributed by atoms with Gasteiger partial charge in [0.25, 0.3) is 5.91 Å². The number of aromatic nitrogens is 4. The number of rotatable bonds is 7. The lowest BCUT2D eigenvalue weighted by atomic mass is 9.91. The Morgan fingerprint density at radius 2 is 2.12 bits per heavy atom. The minimum Gasteiger partial charge on any atom is -0.337 e. The van der Waals surface area contributed by atoms with Crippen LogP contribution in [0.1, 0.15) is 32.3 Å². The van der Waals surface area contributed by atoms with Gasteiger partial charge in [0.2, 0.25) is 5.91 Å². The van der Waals surface area contributed by atoms with Gasteiger partial charge in [-0.15, -0.1) is 5.10 Å². The molecule has 2 aliphatic rings. The number of nitrogens with one attached hydrogen (secondary N) is 1. The summed E-state index contributed by atoms with van der Waals surface area (Å²) in [5.41, 5.74) is -0.267. The molecule has 0 aliphatic carbocycles. The summed E-state index contributed by atoms with van der Waals surface area (Å²) in [5.74, 6) is -1.08. The predicted octanol–water partition coefficient (Wildman–Crippen LogP) is -0.145. The van der Waals surface area contributed by atoms with E-state index in [1.165, 1.54) is 15.9 Å². The molecular formula is C20H25N7O5S. The van der Waals surface area contributed by atoms with Crippen LogP contribution < -0.4 is 5.32 Å². The fourth-order valence-electron chi connectivity index (χ4n) is 4.27. The average Bonchev–Trinajstić information content (AvgIpc) is 3.48. The van der Waals surface area contributed by atoms with Gasteiger partial charge in [-0.3, -0.25) is 14.5 Å². The minimum absolute atomic E-state index is 0.0317. The lowest BCUT2D eigenvalue weighted by molar-refractivity contribution is -0.140. The SMILES string of the molecule is CCCN(C(=O)CN1C(=O)N[C@@](C)(c2cccc(-n3cnnn3)c2)C1=O)[C@H]1CCS(=O)(=O)C1. The Balaban J connectivity index is 1.54. The monoisotopic (exact) mass is 475 g/mol. The molecule has 2 saturated heterocycles. The van der Waals surface area contributed by atoms with Gasteiger partial charge in [-0.1, -0.05) is 19.1 Å². The number of nitrogens with zero attached hydrogens (tertiary/aromatic N) is 6. The van der Waals surface area contributed by atoms with E-state index in [0.717, 1.165) is 4.90 Å². The van der Waals surface area contributed by atoms with Gasteiger partial charge in [0, 0.05) is 12.6 Å². The van der Waals surface area contributed by atoms with Gasteiger partial charge in [-0.05, 0) is 47.9 Å². The van der Waals surface area contributed by atoms with Crippen molar-refractivity contribution in [2.75, 3.05) is 24.6 Å². The van der Waals surface area contributed by atoms with Crippen molar-refractivity contribution in [3.63, 3.8) is 0 Å². The van der Waals surface area contributed by atoms with Gasteiger partial charge in [0.1, 0.15) is 18.4 Å². The third kappa shape index (κ3) is 4.32. The molecule has 2 atom stereocenters. The van der Waals surface area contributed by atoms with Crippen LogP contribution in [-0.2, 0) is 25.0 Å². The summed E-state index contributed by atoms with van der Waals surface area (Å²) in [5, 5.41) is 13.7. The topological polar surface area (TPSA) is 147 Å². The lowest BCUT2D eigenvalue weighted by Gasteiger charge is -2.29. The molecule has 2 aromatic rings. The molecule has 1 aromatic carbocycles. The van der Waals surface area contributed by atoms with Gasteiger partial charge >= 0.3 is 6.03 Å². The van der Waals surface area contributed by atoms with Crippen molar-refractivity contribution in [1.82, 2.24) is 35.3 Å². The molecule has 12 nitrogen and oxygen atoms in total. The highest BCUT2D eigenvalue weighted by atomic mass is 32.2. The molecule has 1 N–H and O–H groups in total. The first-order valence-electron chi connectivity index (χ1n) is 10.6. The van der Waals surface area contributed by atoms with Crippen molar-refractivity contribution >= 4 is 27.7 Å². The van der Waals surface area contributed by atoms with Crippen LogP contribution in [0.3, 0.4) is 0 Å². The molecule has 33 heavy (non-hydrogen) atoms. The van der Waals surface area contributed by atoms with Gasteiger partial charge in [-0.25, -0.2) is 17.9 Å². The van der Waals surface area contributed by atoms with Gasteiger partial charge in [-0.2, -0.15) is 0 Å². The highest BCUT2D eigenvalue weighted by Crippen LogP contribution is 2.30. The first kappa shape index (κ1) is 22.8. The van der Waals surface area contributed by atoms with Crippen LogP contribution in [0.25, 0.3) is 5.69 Å². The molecule has 176 valence electrons. The van der Waals surface area contributed by atoms with E-state index in [2.05, 4.69) is 20.8 Å². The Bertz CT molecular complexity index is 1180. The van der Waals surface area contributed by atoms with Crippen molar-refractivity contribution in [2.45, 2.75) is 38.3 Å². The second-order valence-corrected chi connectivity index (χ2v) is 10.6. The van der Waals surface area contributed by atoms with Gasteiger partial charge < -0.3 is 10.2 Å². The largest absolute Gasteiger partial charge is 0.337 e. The molecule has 0 spiro atoms. The Kier molecular flexibility index (Phi) is 5.91. The second-order valence-electron chi connectivity index (χ2n) is 8.40. The summed E-state index contributed by atoms with van der Waals surface area (Å²) in [4.78, 5) is 41.5. The highest BCUT2D eigenvalue weighted by Gasteiger charge is 2.50. The molecule has 0 saturated carbocycles. The molecule has 2 aliphatic heterocycles. The number of hydrogen-bond acceptors (Lipinski definition) is 8. The Labute approximate surface area is 190 Å². The number of sulfone groups is 1. The van der Waals surface area contributed by atoms with Crippen molar-refractivity contribution < 1.29 is 22.8 Å². The van der Waals surface area contributed by atoms with Crippen LogP contribution >= 0.6 is 0 Å². The number of amides is 4. The molecule has 3 heterocycles. The number of tetrazole rings is 1. The van der Waals surface area contributed by atoms with E-state index >= 15 is 0 Å². The maximum absolute atomic E-state index is 13.3. The van der Waals surface area contributed by atoms with Crippen LogP contribution in [0.5, 0.6) is 0 Å². The maximum atomic E-state index is 13.3. The molecule has 0 radical (unpaired) electrons. The van der Waals surface area contributed by atoms with Crippen molar-refractivity contribution in [3.8, 4) is 5.69 Å². The molecular weight excluding hydrogens is 450 g/mol. The molecule has 0 unspecified atom stereocenters. The fraction of sp³-hybridized carbons (Fsp3) is 0.500. The number of imide groups is 1. The molecule has 1 aromatic heterocycles. The summed E-state index contributed by atoms with van der Waals surface area (Å²) in [7, 11) is -3.19. The zero-order valence-electron chi connectivity index (χ0n) is 18.3. The number of urea groups is 1. The Morgan fingerprint density at radius 1 is 1.33 bits per heavy atom. The Morgan fingerprint density at radius 3 is 2.76 bits per heavy atom. The second kappa shape index (κ2) is 8.54. The third-order valence-corrected chi connectivity index (χ3v) is 7.79. The van der Waals surface area contributed by atoms with Crippen LogP contribution in [0.4, 0.5) is 4.79 Å². The predicted molar refractivity (Wildman–Crippen MR) is 116 cm³/mol. The van der Waals surface area contributed by atoms with Crippen LogP contribution in [-0.4, -0.2) is 86.9 Å². The maximum Gasteiger partial charge on any atom is 0.325 e. The van der Waals surface area contributed by atoms with E-state index in [-0.39, 0.29) is 11.5 Å². The zero-order chi connectivity index (χ0) is 23.8. The summed E-state index contributed by atoms with van der Waals surface area (Å²) < 4.78 is 25.2. The van der Waals surface area contributed by atoms with E-state index in [1.54, 1.807) is 31.2 Å². The summed E-state index contributed by atoms with van der Waals surface area (Å²) in [6.45, 7) is 3.35. The minimum atomic E-state index is -3.19. The fourth-order valence-corrected chi connectivity index (χ4v) is 6.01. The van der Waals surface area contributed by atoms with Gasteiger partial charge in [0.05, 0.1) is 17.2 Å². The first-order chi connectivity index (χ1) is 15.6. The van der Waals surface area contributed by atoms with Crippen molar-refractivity contribution in [1.29, 1.82) is 0 Å². The summed E-state index contributed by atoms with van der Waals surface area (Å²) >= 11 is 0. The summed E-state index contributed by atoms with van der Waals surface area (Å²) in [6.07, 6.45) is 2.40. The molecule has 2 fully saturated rings. The van der Waals surface area contributed by atoms with E-state index < -0.39 is 45.8 Å². The van der Waals surface area contributed by atoms with E-state index in [0.29, 0.717) is 30.6 Å². The van der Waals surface area contributed by atoms with E-state index in [4.69, 9.17) is 0 Å². The van der Waals surface area contributed by atoms with Crippen LogP contribution in [0.15, 0.2) is 30.6 Å². The Hall–Kier alpha value is -3.35. The van der Waals surface area contributed by atoms with Crippen molar-refractivity contribution in [2.24, 2.45) is 0 Å². The van der Waals surface area contributed by atoms with Crippen LogP contribution in [0.2, 0.25) is 0 Å². The number of carbonyl (C=O) groups excluding carboxylic acids is 3. The summed E-state index contributed by atoms with van der Waals surface area (Å²) in [6, 6.07) is 5.73. The van der Waals surface area contributed by atoms with Crippen molar-refractivity contribution in [3.05, 3.63) is 36.2 Å². The average molecular weight is 476 g/mol. The number of carbonyl (C=O) groups is 3. The molecule has 13 heteroatoms. The zero-order valence-corrected chi connectivity index (χ0v) is 19.2.